The quantitative estimate of drug-likeness (QED) is 0.248. The van der Waals surface area contributed by atoms with E-state index >= 15 is 0 Å². The van der Waals surface area contributed by atoms with Crippen LogP contribution in [0, 0.1) is 0 Å². The summed E-state index contributed by atoms with van der Waals surface area (Å²) in [5, 5.41) is 1.41. The summed E-state index contributed by atoms with van der Waals surface area (Å²) >= 11 is 0. The van der Waals surface area contributed by atoms with E-state index in [0.717, 1.165) is 17.8 Å². The van der Waals surface area contributed by atoms with Crippen molar-refractivity contribution in [2.24, 2.45) is 4.99 Å². The zero-order valence-electron chi connectivity index (χ0n) is 18.0. The van der Waals surface area contributed by atoms with Crippen molar-refractivity contribution in [3.8, 4) is 0 Å². The second-order valence-electron chi connectivity index (χ2n) is 5.54. The van der Waals surface area contributed by atoms with Gasteiger partial charge in [-0.15, -0.1) is 0 Å². The van der Waals surface area contributed by atoms with Crippen molar-refractivity contribution in [3.63, 3.8) is 0 Å². The summed E-state index contributed by atoms with van der Waals surface area (Å²) in [4.78, 5) is 17.8. The molecule has 0 spiro atoms. The Morgan fingerprint density at radius 2 is 1.94 bits per heavy atom. The number of allylic oxidation sites excluding steroid dienone is 1. The number of nitrogens with zero attached hydrogens (tertiary/aromatic N) is 3. The number of hydrazine groups is 2. The third-order valence-electron chi connectivity index (χ3n) is 3.36. The lowest BCUT2D eigenvalue weighted by molar-refractivity contribution is -0.137. The lowest BCUT2D eigenvalue weighted by atomic mass is 10.1. The highest BCUT2D eigenvalue weighted by molar-refractivity contribution is 5.64. The van der Waals surface area contributed by atoms with Crippen LogP contribution >= 0.6 is 0 Å². The molecule has 0 bridgehead atoms. The molecule has 0 saturated carbocycles. The van der Waals surface area contributed by atoms with Crippen LogP contribution in [0.1, 0.15) is 31.1 Å². The number of benzene rings is 1. The smallest absolute Gasteiger partial charge is 0.320 e. The Morgan fingerprint density at radius 1 is 1.23 bits per heavy atom. The van der Waals surface area contributed by atoms with Crippen LogP contribution in [0.5, 0.6) is 0 Å². The third kappa shape index (κ3) is 11.5. The first-order valence-electron chi connectivity index (χ1n) is 9.38. The van der Waals surface area contributed by atoms with Gasteiger partial charge in [0, 0.05) is 26.5 Å². The van der Waals surface area contributed by atoms with Crippen LogP contribution in [0.2, 0.25) is 0 Å². The molecule has 0 radical (unpaired) electrons. The number of carbonyl (C=O) groups excluding carboxylic acids is 1. The fourth-order valence-corrected chi connectivity index (χ4v) is 2.09. The third-order valence-corrected chi connectivity index (χ3v) is 3.36. The van der Waals surface area contributed by atoms with E-state index < -0.39 is 17.9 Å². The molecule has 7 nitrogen and oxygen atoms in total. The first kappa shape index (κ1) is 27.8. The zero-order chi connectivity index (χ0) is 23.7. The topological polar surface area (TPSA) is 81.7 Å². The number of anilines is 1. The minimum absolute atomic E-state index is 0.321. The molecule has 1 unspecified atom stereocenters. The fraction of sp³-hybridized carbons (Fsp3) is 0.286. The van der Waals surface area contributed by atoms with Gasteiger partial charge in [-0.2, -0.15) is 13.2 Å². The monoisotopic (exact) mass is 438 g/mol. The molecular weight excluding hydrogens is 409 g/mol. The molecule has 31 heavy (non-hydrogen) atoms. The first-order chi connectivity index (χ1) is 14.8. The summed E-state index contributed by atoms with van der Waals surface area (Å²) in [5.74, 6) is 0. The highest BCUT2D eigenvalue weighted by Gasteiger charge is 2.30. The van der Waals surface area contributed by atoms with E-state index in [9.17, 15) is 18.0 Å². The lowest BCUT2D eigenvalue weighted by Gasteiger charge is -2.22. The van der Waals surface area contributed by atoms with Gasteiger partial charge in [-0.25, -0.2) is 10.9 Å². The molecule has 0 aliphatic heterocycles. The Bertz CT molecular complexity index is 784. The zero-order valence-corrected chi connectivity index (χ0v) is 18.0. The average molecular weight is 438 g/mol. The van der Waals surface area contributed by atoms with Gasteiger partial charge in [0.15, 0.2) is 0 Å². The number of hydrogen-bond acceptors (Lipinski definition) is 7. The van der Waals surface area contributed by atoms with Crippen LogP contribution in [-0.4, -0.2) is 37.1 Å². The number of carbonyl (C=O) groups is 1. The van der Waals surface area contributed by atoms with Crippen LogP contribution in [0.3, 0.4) is 0 Å². The molecule has 0 aliphatic rings. The van der Waals surface area contributed by atoms with E-state index in [1.54, 1.807) is 19.4 Å². The average Bonchev–Trinajstić information content (AvgIpc) is 2.78. The lowest BCUT2D eigenvalue weighted by Crippen LogP contribution is -2.32. The molecule has 0 amide bonds. The van der Waals surface area contributed by atoms with Gasteiger partial charge in [-0.1, -0.05) is 26.0 Å². The molecule has 1 aromatic heterocycles. The highest BCUT2D eigenvalue weighted by Crippen LogP contribution is 2.30. The van der Waals surface area contributed by atoms with E-state index in [4.69, 9.17) is 0 Å². The Kier molecular flexibility index (Phi) is 14.0. The standard InChI is InChI=1S/C13H14F3N3O.C6H9N3.C2H6/c1-17-12(18-19(2)7-4-8-20)10-5-3-6-11(9-10)13(14,15)16;1-7-9-6-3-2-4-8-5-6;1-2/h3-9,12,18H,1H2,2H3;2-5,7,9H,1H3;1-2H3/b7-4-;;. The summed E-state index contributed by atoms with van der Waals surface area (Å²) in [6, 6.07) is 8.62. The number of hydrogen-bond donors (Lipinski definition) is 3. The van der Waals surface area contributed by atoms with E-state index in [2.05, 4.69) is 33.0 Å². The van der Waals surface area contributed by atoms with Crippen LogP contribution < -0.4 is 16.3 Å². The van der Waals surface area contributed by atoms with Gasteiger partial charge in [0.25, 0.3) is 0 Å². The van der Waals surface area contributed by atoms with Crippen molar-refractivity contribution >= 4 is 18.7 Å². The van der Waals surface area contributed by atoms with Crippen molar-refractivity contribution in [1.29, 1.82) is 0 Å². The van der Waals surface area contributed by atoms with Crippen LogP contribution in [0.25, 0.3) is 0 Å². The Balaban J connectivity index is 0.000000679. The Labute approximate surface area is 181 Å². The normalized spacial score (nSPS) is 11.3. The van der Waals surface area contributed by atoms with Crippen molar-refractivity contribution in [1.82, 2.24) is 20.8 Å². The maximum Gasteiger partial charge on any atom is 0.416 e. The number of aldehydes is 1. The molecule has 1 aromatic carbocycles. The maximum absolute atomic E-state index is 12.6. The van der Waals surface area contributed by atoms with Gasteiger partial charge in [0.2, 0.25) is 0 Å². The van der Waals surface area contributed by atoms with E-state index in [1.807, 2.05) is 33.0 Å². The number of nitrogens with one attached hydrogen (secondary N) is 3. The van der Waals surface area contributed by atoms with Crippen molar-refractivity contribution in [2.75, 3.05) is 19.5 Å². The predicted octanol–water partition coefficient (Wildman–Crippen LogP) is 4.21. The van der Waals surface area contributed by atoms with Gasteiger partial charge in [-0.05, 0) is 42.6 Å². The predicted molar refractivity (Wildman–Crippen MR) is 118 cm³/mol. The summed E-state index contributed by atoms with van der Waals surface area (Å²) in [6.45, 7) is 7.35. The summed E-state index contributed by atoms with van der Waals surface area (Å²) in [7, 11) is 3.40. The minimum Gasteiger partial charge on any atom is -0.320 e. The molecule has 170 valence electrons. The molecule has 0 saturated heterocycles. The van der Waals surface area contributed by atoms with Gasteiger partial charge in [0.05, 0.1) is 17.4 Å². The van der Waals surface area contributed by atoms with Crippen LogP contribution in [-0.2, 0) is 11.0 Å². The summed E-state index contributed by atoms with van der Waals surface area (Å²) in [6.07, 6.45) is 1.55. The van der Waals surface area contributed by atoms with Crippen molar-refractivity contribution < 1.29 is 18.0 Å². The number of aliphatic imine (C=N–C) groups is 1. The second-order valence-corrected chi connectivity index (χ2v) is 5.54. The first-order valence-corrected chi connectivity index (χ1v) is 9.38. The molecule has 3 N–H and O–H groups in total. The summed E-state index contributed by atoms with van der Waals surface area (Å²) in [5.41, 5.74) is 9.02. The number of rotatable bonds is 8. The fourth-order valence-electron chi connectivity index (χ4n) is 2.09. The van der Waals surface area contributed by atoms with E-state index in [0.29, 0.717) is 11.8 Å². The number of aromatic nitrogens is 1. The molecule has 0 fully saturated rings. The Morgan fingerprint density at radius 3 is 2.45 bits per heavy atom. The molecule has 1 heterocycles. The van der Waals surface area contributed by atoms with Gasteiger partial charge < -0.3 is 10.4 Å². The van der Waals surface area contributed by atoms with Crippen molar-refractivity contribution in [3.05, 3.63) is 72.2 Å². The Hall–Kier alpha value is -3.24. The van der Waals surface area contributed by atoms with E-state index in [1.165, 1.54) is 29.4 Å². The molecule has 1 atom stereocenters. The molecular formula is C21H29F3N6O. The summed E-state index contributed by atoms with van der Waals surface area (Å²) < 4.78 is 37.9. The van der Waals surface area contributed by atoms with Crippen LogP contribution in [0.15, 0.2) is 66.1 Å². The second kappa shape index (κ2) is 15.6. The number of halogens is 3. The molecule has 0 aliphatic carbocycles. The van der Waals surface area contributed by atoms with Gasteiger partial charge in [-0.3, -0.25) is 14.8 Å². The van der Waals surface area contributed by atoms with Gasteiger partial charge in [0.1, 0.15) is 12.5 Å². The minimum atomic E-state index is -4.41. The maximum atomic E-state index is 12.6. The molecule has 10 heteroatoms. The highest BCUT2D eigenvalue weighted by atomic mass is 19.4. The van der Waals surface area contributed by atoms with E-state index in [-0.39, 0.29) is 0 Å². The molecule has 2 rings (SSSR count). The molecule has 2 aromatic rings. The van der Waals surface area contributed by atoms with Crippen molar-refractivity contribution in [2.45, 2.75) is 26.2 Å². The van der Waals surface area contributed by atoms with Crippen LogP contribution in [0.4, 0.5) is 18.9 Å². The number of pyridine rings is 1. The SMILES string of the molecule is C=NC(NN(C)/C=C\C=O)c1cccc(C(F)(F)F)c1.CC.CNNc1cccnc1. The largest absolute Gasteiger partial charge is 0.416 e. The number of alkyl halides is 3. The van der Waals surface area contributed by atoms with Gasteiger partial charge >= 0.3 is 6.18 Å².